The summed E-state index contributed by atoms with van der Waals surface area (Å²) in [6.45, 7) is 4.05. The third-order valence-corrected chi connectivity index (χ3v) is 3.58. The Bertz CT molecular complexity index is 389. The molecule has 1 fully saturated rings. The highest BCUT2D eigenvalue weighted by Gasteiger charge is 2.16. The van der Waals surface area contributed by atoms with Crippen molar-refractivity contribution >= 4 is 5.91 Å². The summed E-state index contributed by atoms with van der Waals surface area (Å²) >= 11 is 0. The molecule has 1 aromatic rings. The predicted octanol–water partition coefficient (Wildman–Crippen LogP) is 2.62. The number of aromatic nitrogens is 1. The molecule has 1 amide bonds. The zero-order chi connectivity index (χ0) is 12.3. The lowest BCUT2D eigenvalue weighted by molar-refractivity contribution is -0.121. The summed E-state index contributed by atoms with van der Waals surface area (Å²) in [5.74, 6) is 0.166. The molecule has 1 aliphatic rings. The van der Waals surface area contributed by atoms with E-state index in [9.17, 15) is 4.79 Å². The van der Waals surface area contributed by atoms with Crippen LogP contribution in [-0.2, 0) is 11.2 Å². The fraction of sp³-hybridized carbons (Fsp3) is 0.643. The molecular weight excluding hydrogens is 212 g/mol. The lowest BCUT2D eigenvalue weighted by Gasteiger charge is -2.22. The lowest BCUT2D eigenvalue weighted by atomic mass is 9.95. The van der Waals surface area contributed by atoms with E-state index >= 15 is 0 Å². The smallest absolute Gasteiger partial charge is 0.224 e. The Morgan fingerprint density at radius 2 is 2.06 bits per heavy atom. The molecule has 0 bridgehead atoms. The number of aromatic amines is 1. The van der Waals surface area contributed by atoms with Gasteiger partial charge in [0.1, 0.15) is 0 Å². The van der Waals surface area contributed by atoms with Crippen LogP contribution in [0.15, 0.2) is 6.07 Å². The van der Waals surface area contributed by atoms with Crippen molar-refractivity contribution < 1.29 is 4.79 Å². The van der Waals surface area contributed by atoms with Gasteiger partial charge in [0.05, 0.1) is 6.42 Å². The minimum Gasteiger partial charge on any atom is -0.362 e. The van der Waals surface area contributed by atoms with Crippen molar-refractivity contribution in [3.05, 3.63) is 23.0 Å². The zero-order valence-electron chi connectivity index (χ0n) is 10.8. The molecule has 1 heterocycles. The Kier molecular flexibility index (Phi) is 3.87. The van der Waals surface area contributed by atoms with Gasteiger partial charge in [-0.05, 0) is 38.3 Å². The van der Waals surface area contributed by atoms with Crippen LogP contribution in [0.5, 0.6) is 0 Å². The zero-order valence-corrected chi connectivity index (χ0v) is 10.8. The minimum absolute atomic E-state index is 0.166. The molecule has 0 atom stereocenters. The molecule has 1 saturated carbocycles. The number of nitrogens with one attached hydrogen (secondary N) is 2. The average Bonchev–Trinajstić information content (AvgIpc) is 2.58. The Morgan fingerprint density at radius 1 is 1.35 bits per heavy atom. The van der Waals surface area contributed by atoms with E-state index < -0.39 is 0 Å². The van der Waals surface area contributed by atoms with Crippen LogP contribution in [0.3, 0.4) is 0 Å². The topological polar surface area (TPSA) is 44.9 Å². The second kappa shape index (κ2) is 5.39. The summed E-state index contributed by atoms with van der Waals surface area (Å²) in [6.07, 6.45) is 6.64. The first-order chi connectivity index (χ1) is 8.15. The summed E-state index contributed by atoms with van der Waals surface area (Å²) in [4.78, 5) is 15.2. The molecule has 0 aliphatic heterocycles. The molecule has 3 heteroatoms. The highest BCUT2D eigenvalue weighted by atomic mass is 16.1. The van der Waals surface area contributed by atoms with E-state index in [4.69, 9.17) is 0 Å². The van der Waals surface area contributed by atoms with Crippen LogP contribution in [0.2, 0.25) is 0 Å². The summed E-state index contributed by atoms with van der Waals surface area (Å²) in [7, 11) is 0. The van der Waals surface area contributed by atoms with Gasteiger partial charge in [0, 0.05) is 17.4 Å². The van der Waals surface area contributed by atoms with Gasteiger partial charge < -0.3 is 10.3 Å². The summed E-state index contributed by atoms with van der Waals surface area (Å²) in [5, 5.41) is 3.15. The number of aryl methyl sites for hydroxylation is 2. The highest BCUT2D eigenvalue weighted by molar-refractivity contribution is 5.79. The predicted molar refractivity (Wildman–Crippen MR) is 69.0 cm³/mol. The van der Waals surface area contributed by atoms with E-state index in [1.165, 1.54) is 19.3 Å². The summed E-state index contributed by atoms with van der Waals surface area (Å²) < 4.78 is 0. The van der Waals surface area contributed by atoms with Crippen molar-refractivity contribution in [2.75, 3.05) is 0 Å². The molecule has 3 nitrogen and oxygen atoms in total. The van der Waals surface area contributed by atoms with Gasteiger partial charge in [-0.2, -0.15) is 0 Å². The van der Waals surface area contributed by atoms with Crippen LogP contribution in [0, 0.1) is 13.8 Å². The van der Waals surface area contributed by atoms with Gasteiger partial charge >= 0.3 is 0 Å². The second-order valence-electron chi connectivity index (χ2n) is 5.18. The van der Waals surface area contributed by atoms with Crippen LogP contribution in [0.25, 0.3) is 0 Å². The maximum atomic E-state index is 11.9. The highest BCUT2D eigenvalue weighted by Crippen LogP contribution is 2.17. The second-order valence-corrected chi connectivity index (χ2v) is 5.18. The number of amides is 1. The molecule has 0 radical (unpaired) electrons. The third-order valence-electron chi connectivity index (χ3n) is 3.58. The van der Waals surface area contributed by atoms with E-state index in [-0.39, 0.29) is 5.91 Å². The van der Waals surface area contributed by atoms with Crippen molar-refractivity contribution in [2.24, 2.45) is 0 Å². The molecule has 17 heavy (non-hydrogen) atoms. The first kappa shape index (κ1) is 12.2. The lowest BCUT2D eigenvalue weighted by Crippen LogP contribution is -2.37. The molecule has 0 saturated heterocycles. The van der Waals surface area contributed by atoms with Crippen molar-refractivity contribution in [3.63, 3.8) is 0 Å². The van der Waals surface area contributed by atoms with Gasteiger partial charge in [-0.3, -0.25) is 4.79 Å². The van der Waals surface area contributed by atoms with Gasteiger partial charge in [0.15, 0.2) is 0 Å². The van der Waals surface area contributed by atoms with Crippen molar-refractivity contribution in [3.8, 4) is 0 Å². The molecule has 0 aromatic carbocycles. The molecule has 2 N–H and O–H groups in total. The molecule has 2 rings (SSSR count). The number of H-pyrrole nitrogens is 1. The van der Waals surface area contributed by atoms with E-state index in [1.807, 2.05) is 13.8 Å². The van der Waals surface area contributed by atoms with Gasteiger partial charge in [0.2, 0.25) is 5.91 Å². The first-order valence-electron chi connectivity index (χ1n) is 6.59. The van der Waals surface area contributed by atoms with Gasteiger partial charge in [0.25, 0.3) is 0 Å². The monoisotopic (exact) mass is 234 g/mol. The van der Waals surface area contributed by atoms with Gasteiger partial charge in [-0.15, -0.1) is 0 Å². The van der Waals surface area contributed by atoms with Crippen molar-refractivity contribution in [2.45, 2.75) is 58.4 Å². The number of hydrogen-bond donors (Lipinski definition) is 2. The molecule has 94 valence electrons. The number of carbonyl (C=O) groups is 1. The van der Waals surface area contributed by atoms with E-state index in [1.54, 1.807) is 0 Å². The van der Waals surface area contributed by atoms with Crippen molar-refractivity contribution in [1.82, 2.24) is 10.3 Å². The molecule has 0 unspecified atom stereocenters. The maximum absolute atomic E-state index is 11.9. The van der Waals surface area contributed by atoms with Crippen LogP contribution >= 0.6 is 0 Å². The minimum atomic E-state index is 0.166. The van der Waals surface area contributed by atoms with Crippen LogP contribution < -0.4 is 5.32 Å². The van der Waals surface area contributed by atoms with Gasteiger partial charge in [-0.1, -0.05) is 19.3 Å². The quantitative estimate of drug-likeness (QED) is 0.829. The molecule has 1 aliphatic carbocycles. The van der Waals surface area contributed by atoms with Crippen molar-refractivity contribution in [1.29, 1.82) is 0 Å². The van der Waals surface area contributed by atoms with Crippen LogP contribution in [0.1, 0.15) is 49.1 Å². The Hall–Kier alpha value is -1.25. The Labute approximate surface area is 103 Å². The normalized spacial score (nSPS) is 17.1. The SMILES string of the molecule is Cc1cc(CC(=O)NC2CCCCC2)c(C)[nH]1. The number of rotatable bonds is 3. The number of carbonyl (C=O) groups excluding carboxylic acids is 1. The summed E-state index contributed by atoms with van der Waals surface area (Å²) in [6, 6.07) is 2.48. The molecular formula is C14H22N2O. The maximum Gasteiger partial charge on any atom is 0.224 e. The van der Waals surface area contributed by atoms with E-state index in [2.05, 4.69) is 16.4 Å². The summed E-state index contributed by atoms with van der Waals surface area (Å²) in [5.41, 5.74) is 3.36. The van der Waals surface area contributed by atoms with Crippen LogP contribution in [-0.4, -0.2) is 16.9 Å². The van der Waals surface area contributed by atoms with Gasteiger partial charge in [-0.25, -0.2) is 0 Å². The Balaban J connectivity index is 1.86. The number of hydrogen-bond acceptors (Lipinski definition) is 1. The average molecular weight is 234 g/mol. The van der Waals surface area contributed by atoms with E-state index in [0.29, 0.717) is 12.5 Å². The fourth-order valence-corrected chi connectivity index (χ4v) is 2.66. The Morgan fingerprint density at radius 3 is 2.65 bits per heavy atom. The fourth-order valence-electron chi connectivity index (χ4n) is 2.66. The third kappa shape index (κ3) is 3.35. The first-order valence-corrected chi connectivity index (χ1v) is 6.59. The standard InChI is InChI=1S/C14H22N2O/c1-10-8-12(11(2)15-10)9-14(17)16-13-6-4-3-5-7-13/h8,13,15H,3-7,9H2,1-2H3,(H,16,17). The van der Waals surface area contributed by atoms with Crippen LogP contribution in [0.4, 0.5) is 0 Å². The van der Waals surface area contributed by atoms with E-state index in [0.717, 1.165) is 29.8 Å². The largest absolute Gasteiger partial charge is 0.362 e. The molecule has 0 spiro atoms. The molecule has 1 aromatic heterocycles.